The summed E-state index contributed by atoms with van der Waals surface area (Å²) >= 11 is 1.66. The van der Waals surface area contributed by atoms with Crippen LogP contribution in [0, 0.1) is 16.0 Å². The topological polar surface area (TPSA) is 82.3 Å². The monoisotopic (exact) mass is 402 g/mol. The van der Waals surface area contributed by atoms with Crippen LogP contribution in [-0.2, 0) is 9.53 Å². The van der Waals surface area contributed by atoms with Gasteiger partial charge in [0.15, 0.2) is 0 Å². The fourth-order valence-electron chi connectivity index (χ4n) is 3.59. The number of hydrogen-bond acceptors (Lipinski definition) is 6. The van der Waals surface area contributed by atoms with Gasteiger partial charge >= 0.3 is 5.97 Å². The van der Waals surface area contributed by atoms with Gasteiger partial charge in [0.05, 0.1) is 14.8 Å². The maximum Gasteiger partial charge on any atom is 0.306 e. The summed E-state index contributed by atoms with van der Waals surface area (Å²) < 4.78 is 5.44. The Bertz CT molecular complexity index is 831. The summed E-state index contributed by atoms with van der Waals surface area (Å²) in [5, 5.41) is 11.9. The molecule has 1 aromatic carbocycles. The van der Waals surface area contributed by atoms with E-state index in [0.717, 1.165) is 41.1 Å². The summed E-state index contributed by atoms with van der Waals surface area (Å²) in [7, 11) is 0. The molecule has 28 heavy (non-hydrogen) atoms. The highest BCUT2D eigenvalue weighted by molar-refractivity contribution is 7.15. The minimum absolute atomic E-state index is 0.0943. The first-order valence-electron chi connectivity index (χ1n) is 9.63. The number of hydrogen-bond donors (Lipinski definition) is 0. The third-order valence-electron chi connectivity index (χ3n) is 4.96. The molecule has 1 saturated carbocycles. The molecular formula is C21H26N2O4S. The van der Waals surface area contributed by atoms with Gasteiger partial charge in [-0.1, -0.05) is 0 Å². The molecule has 1 aliphatic rings. The summed E-state index contributed by atoms with van der Waals surface area (Å²) in [6.45, 7) is 5.69. The third-order valence-corrected chi connectivity index (χ3v) is 6.17. The lowest BCUT2D eigenvalue weighted by atomic mass is 9.81. The average molecular weight is 403 g/mol. The number of aromatic nitrogens is 1. The highest BCUT2D eigenvalue weighted by atomic mass is 32.1. The van der Waals surface area contributed by atoms with Crippen molar-refractivity contribution in [2.24, 2.45) is 5.92 Å². The van der Waals surface area contributed by atoms with Crippen molar-refractivity contribution >= 4 is 23.0 Å². The minimum atomic E-state index is -0.427. The summed E-state index contributed by atoms with van der Waals surface area (Å²) in [5.74, 6) is 0.706. The second-order valence-electron chi connectivity index (χ2n) is 8.37. The van der Waals surface area contributed by atoms with E-state index >= 15 is 0 Å². The first kappa shape index (κ1) is 20.5. The second kappa shape index (κ2) is 8.39. The number of thiazole rings is 1. The number of nitro benzene ring substituents is 1. The molecule has 7 heteroatoms. The molecule has 3 rings (SSSR count). The Balaban J connectivity index is 1.55. The van der Waals surface area contributed by atoms with Crippen molar-refractivity contribution in [3.05, 3.63) is 45.6 Å². The maximum atomic E-state index is 12.0. The quantitative estimate of drug-likeness (QED) is 0.363. The van der Waals surface area contributed by atoms with Gasteiger partial charge < -0.3 is 4.74 Å². The number of benzene rings is 1. The van der Waals surface area contributed by atoms with E-state index in [4.69, 9.17) is 4.74 Å². The van der Waals surface area contributed by atoms with Crippen LogP contribution in [0.1, 0.15) is 63.8 Å². The predicted molar refractivity (Wildman–Crippen MR) is 109 cm³/mol. The zero-order valence-corrected chi connectivity index (χ0v) is 17.3. The third kappa shape index (κ3) is 5.38. The Labute approximate surface area is 169 Å². The number of ether oxygens (including phenoxy) is 1. The molecule has 0 spiro atoms. The lowest BCUT2D eigenvalue weighted by molar-refractivity contribution is -0.384. The molecule has 0 aliphatic heterocycles. The second-order valence-corrected chi connectivity index (χ2v) is 9.44. The summed E-state index contributed by atoms with van der Waals surface area (Å²) in [6, 6.07) is 6.59. The summed E-state index contributed by atoms with van der Waals surface area (Å²) in [6.07, 6.45) is 6.43. The van der Waals surface area contributed by atoms with Gasteiger partial charge in [-0.3, -0.25) is 14.9 Å². The first-order valence-corrected chi connectivity index (χ1v) is 10.5. The number of nitro groups is 1. The van der Waals surface area contributed by atoms with E-state index in [1.807, 2.05) is 27.0 Å². The molecule has 2 aromatic rings. The van der Waals surface area contributed by atoms with Crippen LogP contribution in [0.2, 0.25) is 0 Å². The minimum Gasteiger partial charge on any atom is -0.460 e. The van der Waals surface area contributed by atoms with E-state index in [-0.39, 0.29) is 11.7 Å². The molecule has 150 valence electrons. The summed E-state index contributed by atoms with van der Waals surface area (Å²) in [5.41, 5.74) is 0.619. The number of nitrogens with zero attached hydrogens (tertiary/aromatic N) is 2. The molecule has 0 radical (unpaired) electrons. The highest BCUT2D eigenvalue weighted by Gasteiger charge is 2.27. The van der Waals surface area contributed by atoms with Gasteiger partial charge in [-0.25, -0.2) is 4.98 Å². The molecule has 0 unspecified atom stereocenters. The van der Waals surface area contributed by atoms with Crippen molar-refractivity contribution in [2.45, 2.75) is 64.4 Å². The molecule has 1 fully saturated rings. The molecular weight excluding hydrogens is 376 g/mol. The van der Waals surface area contributed by atoms with Crippen LogP contribution in [0.5, 0.6) is 0 Å². The average Bonchev–Trinajstić information content (AvgIpc) is 3.11. The molecule has 0 amide bonds. The molecule has 0 N–H and O–H groups in total. The Morgan fingerprint density at radius 2 is 1.86 bits per heavy atom. The van der Waals surface area contributed by atoms with Crippen LogP contribution >= 0.6 is 11.3 Å². The Kier molecular flexibility index (Phi) is 6.13. The van der Waals surface area contributed by atoms with Crippen molar-refractivity contribution in [1.29, 1.82) is 0 Å². The van der Waals surface area contributed by atoms with Crippen molar-refractivity contribution in [2.75, 3.05) is 0 Å². The van der Waals surface area contributed by atoms with Crippen molar-refractivity contribution in [1.82, 2.24) is 4.98 Å². The number of carbonyl (C=O) groups excluding carboxylic acids is 1. The highest BCUT2D eigenvalue weighted by Crippen LogP contribution is 2.40. The Morgan fingerprint density at radius 1 is 1.21 bits per heavy atom. The summed E-state index contributed by atoms with van der Waals surface area (Å²) in [4.78, 5) is 28.1. The van der Waals surface area contributed by atoms with Gasteiger partial charge in [-0.15, -0.1) is 11.3 Å². The molecule has 1 heterocycles. The van der Waals surface area contributed by atoms with E-state index in [9.17, 15) is 14.9 Å². The number of non-ortho nitro benzene ring substituents is 1. The van der Waals surface area contributed by atoms with Gasteiger partial charge in [0, 0.05) is 30.7 Å². The molecule has 0 saturated heterocycles. The van der Waals surface area contributed by atoms with Crippen LogP contribution in [0.3, 0.4) is 0 Å². The van der Waals surface area contributed by atoms with Gasteiger partial charge in [-0.05, 0) is 70.1 Å². The first-order chi connectivity index (χ1) is 13.2. The van der Waals surface area contributed by atoms with Gasteiger partial charge in [0.25, 0.3) is 5.69 Å². The van der Waals surface area contributed by atoms with Crippen LogP contribution in [-0.4, -0.2) is 21.5 Å². The van der Waals surface area contributed by atoms with Crippen molar-refractivity contribution < 1.29 is 14.5 Å². The van der Waals surface area contributed by atoms with Gasteiger partial charge in [-0.2, -0.15) is 0 Å². The Hall–Kier alpha value is -2.28. The lowest BCUT2D eigenvalue weighted by Gasteiger charge is -2.28. The number of esters is 1. The van der Waals surface area contributed by atoms with Crippen molar-refractivity contribution in [3.8, 4) is 10.4 Å². The zero-order chi connectivity index (χ0) is 20.3. The Morgan fingerprint density at radius 3 is 2.43 bits per heavy atom. The maximum absolute atomic E-state index is 12.0. The smallest absolute Gasteiger partial charge is 0.306 e. The predicted octanol–water partition coefficient (Wildman–Crippen LogP) is 5.72. The fraction of sp³-hybridized carbons (Fsp3) is 0.524. The largest absolute Gasteiger partial charge is 0.460 e. The van der Waals surface area contributed by atoms with E-state index < -0.39 is 10.5 Å². The zero-order valence-electron chi connectivity index (χ0n) is 16.5. The van der Waals surface area contributed by atoms with E-state index in [1.165, 1.54) is 12.1 Å². The number of carbonyl (C=O) groups is 1. The molecule has 0 bridgehead atoms. The normalized spacial score (nSPS) is 20.0. The standard InChI is InChI=1S/C21H26N2O4S/c1-21(2,3)27-19(24)12-14-4-6-16(7-5-14)20-22-13-18(28-20)15-8-10-17(11-9-15)23(25)26/h8-11,13-14,16H,4-7,12H2,1-3H3. The van der Waals surface area contributed by atoms with Gasteiger partial charge in [0.1, 0.15) is 5.60 Å². The van der Waals surface area contributed by atoms with Crippen LogP contribution in [0.4, 0.5) is 5.69 Å². The fourth-order valence-corrected chi connectivity index (χ4v) is 4.68. The number of rotatable bonds is 5. The SMILES string of the molecule is CC(C)(C)OC(=O)CC1CCC(c2ncc(-c3ccc([N+](=O)[O-])cc3)s2)CC1. The molecule has 1 aromatic heterocycles. The van der Waals surface area contributed by atoms with Crippen LogP contribution in [0.15, 0.2) is 30.5 Å². The molecule has 1 aliphatic carbocycles. The molecule has 0 atom stereocenters. The van der Waals surface area contributed by atoms with E-state index in [2.05, 4.69) is 4.98 Å². The lowest BCUT2D eigenvalue weighted by Crippen LogP contribution is -2.26. The van der Waals surface area contributed by atoms with E-state index in [0.29, 0.717) is 18.3 Å². The van der Waals surface area contributed by atoms with Crippen molar-refractivity contribution in [3.63, 3.8) is 0 Å². The molecule has 6 nitrogen and oxygen atoms in total. The van der Waals surface area contributed by atoms with Gasteiger partial charge in [0.2, 0.25) is 0 Å². The van der Waals surface area contributed by atoms with Crippen LogP contribution < -0.4 is 0 Å². The van der Waals surface area contributed by atoms with E-state index in [1.54, 1.807) is 23.5 Å². The van der Waals surface area contributed by atoms with Crippen LogP contribution in [0.25, 0.3) is 10.4 Å².